The van der Waals surface area contributed by atoms with Crippen molar-refractivity contribution in [2.75, 3.05) is 0 Å². The van der Waals surface area contributed by atoms with Crippen LogP contribution in [0.4, 0.5) is 0 Å². The summed E-state index contributed by atoms with van der Waals surface area (Å²) in [4.78, 5) is 11.4. The molecule has 1 aliphatic carbocycles. The molecule has 1 aromatic rings. The van der Waals surface area contributed by atoms with Crippen LogP contribution in [-0.4, -0.2) is 21.8 Å². The largest absolute Gasteiger partial charge is 0.507 e. The van der Waals surface area contributed by atoms with Gasteiger partial charge in [0, 0.05) is 23.0 Å². The fraction of sp³-hybridized carbons (Fsp3) is 0.571. The molecule has 0 spiro atoms. The fourth-order valence-corrected chi connectivity index (χ4v) is 4.32. The third kappa shape index (κ3) is 3.39. The molecule has 2 N–H and O–H groups in total. The summed E-state index contributed by atoms with van der Waals surface area (Å²) in [5, 5.41) is 20.0. The van der Waals surface area contributed by atoms with Gasteiger partial charge in [-0.25, -0.2) is 4.79 Å². The van der Waals surface area contributed by atoms with Crippen LogP contribution in [0.3, 0.4) is 0 Å². The molecule has 2 atom stereocenters. The number of aryl methyl sites for hydroxylation is 1. The van der Waals surface area contributed by atoms with E-state index in [9.17, 15) is 15.0 Å². The molecular weight excluding hydrogens is 316 g/mol. The second-order valence-corrected chi connectivity index (χ2v) is 7.86. The Morgan fingerprint density at radius 3 is 2.76 bits per heavy atom. The highest BCUT2D eigenvalue weighted by molar-refractivity contribution is 5.87. The van der Waals surface area contributed by atoms with Gasteiger partial charge in [0.25, 0.3) is 0 Å². The number of benzene rings is 1. The van der Waals surface area contributed by atoms with Crippen molar-refractivity contribution in [2.24, 2.45) is 5.92 Å². The first-order chi connectivity index (χ1) is 11.8. The second-order valence-electron chi connectivity index (χ2n) is 7.86. The number of rotatable bonds is 5. The number of fused-ring (bicyclic) bond motifs is 3. The number of phenolic OH excluding ortho intramolecular Hbond substituents is 1. The van der Waals surface area contributed by atoms with Crippen LogP contribution in [0.1, 0.15) is 69.9 Å². The van der Waals surface area contributed by atoms with Crippen molar-refractivity contribution in [1.82, 2.24) is 0 Å². The summed E-state index contributed by atoms with van der Waals surface area (Å²) >= 11 is 0. The Balaban J connectivity index is 2.02. The van der Waals surface area contributed by atoms with Gasteiger partial charge in [-0.05, 0) is 57.2 Å². The van der Waals surface area contributed by atoms with Gasteiger partial charge in [0.2, 0.25) is 0 Å². The summed E-state index contributed by atoms with van der Waals surface area (Å²) in [7, 11) is 0. The minimum absolute atomic E-state index is 0.108. The van der Waals surface area contributed by atoms with E-state index in [1.807, 2.05) is 18.2 Å². The highest BCUT2D eigenvalue weighted by Gasteiger charge is 2.46. The van der Waals surface area contributed by atoms with Crippen LogP contribution in [0.25, 0.3) is 0 Å². The Morgan fingerprint density at radius 1 is 1.32 bits per heavy atom. The maximum absolute atomic E-state index is 11.4. The van der Waals surface area contributed by atoms with Crippen LogP contribution in [0, 0.1) is 5.92 Å². The highest BCUT2D eigenvalue weighted by atomic mass is 16.5. The van der Waals surface area contributed by atoms with E-state index in [-0.39, 0.29) is 23.2 Å². The summed E-state index contributed by atoms with van der Waals surface area (Å²) in [6, 6.07) is 3.86. The normalized spacial score (nSPS) is 23.9. The average Bonchev–Trinajstić information content (AvgIpc) is 2.53. The monoisotopic (exact) mass is 344 g/mol. The predicted molar refractivity (Wildman–Crippen MR) is 97.2 cm³/mol. The molecule has 1 heterocycles. The zero-order chi connectivity index (χ0) is 18.2. The molecule has 0 saturated carbocycles. The Kier molecular flexibility index (Phi) is 4.81. The lowest BCUT2D eigenvalue weighted by Gasteiger charge is -2.46. The molecule has 0 amide bonds. The summed E-state index contributed by atoms with van der Waals surface area (Å²) in [5.41, 5.74) is 1.89. The van der Waals surface area contributed by atoms with Crippen LogP contribution < -0.4 is 4.74 Å². The van der Waals surface area contributed by atoms with E-state index in [0.29, 0.717) is 17.7 Å². The Morgan fingerprint density at radius 2 is 2.08 bits per heavy atom. The standard InChI is InChI=1S/C21H28O4/c1-4-5-6-7-13-10-17(22)19-15-12-14(20(23)24)8-9-16(15)21(2,3)25-18(19)11-13/h10-12,15-16,22H,4-9H2,1-3H3,(H,23,24)/t15-,16-/m1/s1. The van der Waals surface area contributed by atoms with Gasteiger partial charge < -0.3 is 14.9 Å². The molecule has 0 unspecified atom stereocenters. The van der Waals surface area contributed by atoms with E-state index in [0.717, 1.165) is 36.8 Å². The molecule has 0 aromatic heterocycles. The van der Waals surface area contributed by atoms with Gasteiger partial charge >= 0.3 is 5.97 Å². The maximum atomic E-state index is 11.4. The molecule has 0 fully saturated rings. The topological polar surface area (TPSA) is 66.8 Å². The predicted octanol–water partition coefficient (Wildman–Crippen LogP) is 4.80. The maximum Gasteiger partial charge on any atom is 0.331 e. The number of hydrogen-bond acceptors (Lipinski definition) is 3. The quantitative estimate of drug-likeness (QED) is 0.753. The molecule has 2 aliphatic rings. The van der Waals surface area contributed by atoms with Crippen molar-refractivity contribution in [3.8, 4) is 11.5 Å². The van der Waals surface area contributed by atoms with Crippen LogP contribution in [0.15, 0.2) is 23.8 Å². The molecule has 1 aromatic carbocycles. The van der Waals surface area contributed by atoms with Gasteiger partial charge in [0.1, 0.15) is 17.1 Å². The van der Waals surface area contributed by atoms with Crippen molar-refractivity contribution in [3.05, 3.63) is 34.9 Å². The number of phenols is 1. The molecule has 4 nitrogen and oxygen atoms in total. The van der Waals surface area contributed by atoms with Crippen LogP contribution in [-0.2, 0) is 11.2 Å². The molecule has 0 bridgehead atoms. The molecule has 4 heteroatoms. The van der Waals surface area contributed by atoms with Gasteiger partial charge in [-0.3, -0.25) is 0 Å². The third-order valence-corrected chi connectivity index (χ3v) is 5.66. The van der Waals surface area contributed by atoms with Crippen LogP contribution in [0.5, 0.6) is 11.5 Å². The molecule has 136 valence electrons. The first-order valence-electron chi connectivity index (χ1n) is 9.32. The first kappa shape index (κ1) is 17.8. The zero-order valence-corrected chi connectivity index (χ0v) is 15.3. The lowest BCUT2D eigenvalue weighted by molar-refractivity contribution is -0.133. The van der Waals surface area contributed by atoms with Crippen molar-refractivity contribution < 1.29 is 19.7 Å². The van der Waals surface area contributed by atoms with Crippen molar-refractivity contribution in [2.45, 2.75) is 70.8 Å². The van der Waals surface area contributed by atoms with E-state index in [1.165, 1.54) is 6.42 Å². The molecule has 0 saturated heterocycles. The number of ether oxygens (including phenoxy) is 1. The van der Waals surface area contributed by atoms with Crippen molar-refractivity contribution in [1.29, 1.82) is 0 Å². The van der Waals surface area contributed by atoms with E-state index in [4.69, 9.17) is 4.74 Å². The number of carbonyl (C=O) groups is 1. The SMILES string of the molecule is CCCCCc1cc(O)c2c(c1)OC(C)(C)[C@@H]1CCC(C(=O)O)=C[C@@H]21. The molecular formula is C21H28O4. The van der Waals surface area contributed by atoms with E-state index in [2.05, 4.69) is 20.8 Å². The van der Waals surface area contributed by atoms with Crippen LogP contribution in [0.2, 0.25) is 0 Å². The number of carboxylic acid groups (broad SMARTS) is 1. The van der Waals surface area contributed by atoms with Crippen molar-refractivity contribution >= 4 is 5.97 Å². The first-order valence-corrected chi connectivity index (χ1v) is 9.32. The molecule has 3 rings (SSSR count). The number of aromatic hydroxyl groups is 1. The lowest BCUT2D eigenvalue weighted by atomic mass is 9.67. The van der Waals surface area contributed by atoms with E-state index in [1.54, 1.807) is 0 Å². The molecule has 1 aliphatic heterocycles. The van der Waals surface area contributed by atoms with E-state index >= 15 is 0 Å². The number of unbranched alkanes of at least 4 members (excludes halogenated alkanes) is 2. The fourth-order valence-electron chi connectivity index (χ4n) is 4.32. The van der Waals surface area contributed by atoms with Gasteiger partial charge in [-0.2, -0.15) is 0 Å². The summed E-state index contributed by atoms with van der Waals surface area (Å²) in [5.74, 6) is 0.140. The number of allylic oxidation sites excluding steroid dienone is 1. The van der Waals surface area contributed by atoms with Crippen molar-refractivity contribution in [3.63, 3.8) is 0 Å². The summed E-state index contributed by atoms with van der Waals surface area (Å²) < 4.78 is 6.28. The van der Waals surface area contributed by atoms with Gasteiger partial charge in [0.05, 0.1) is 0 Å². The smallest absolute Gasteiger partial charge is 0.331 e. The van der Waals surface area contributed by atoms with Crippen LogP contribution >= 0.6 is 0 Å². The molecule has 25 heavy (non-hydrogen) atoms. The van der Waals surface area contributed by atoms with E-state index < -0.39 is 5.97 Å². The lowest BCUT2D eigenvalue weighted by Crippen LogP contribution is -2.45. The number of carboxylic acids is 1. The van der Waals surface area contributed by atoms with Gasteiger partial charge in [-0.1, -0.05) is 25.8 Å². The minimum atomic E-state index is -0.861. The summed E-state index contributed by atoms with van der Waals surface area (Å²) in [6.07, 6.45) is 7.47. The number of aliphatic carboxylic acids is 1. The zero-order valence-electron chi connectivity index (χ0n) is 15.3. The second kappa shape index (κ2) is 6.74. The minimum Gasteiger partial charge on any atom is -0.507 e. The Hall–Kier alpha value is -1.97. The van der Waals surface area contributed by atoms with Gasteiger partial charge in [0.15, 0.2) is 0 Å². The average molecular weight is 344 g/mol. The summed E-state index contributed by atoms with van der Waals surface area (Å²) in [6.45, 7) is 6.30. The van der Waals surface area contributed by atoms with Gasteiger partial charge in [-0.15, -0.1) is 0 Å². The Bertz CT molecular complexity index is 702. The Labute approximate surface area is 149 Å². The highest BCUT2D eigenvalue weighted by Crippen LogP contribution is 2.53. The third-order valence-electron chi connectivity index (χ3n) is 5.66. The molecule has 0 radical (unpaired) electrons. The number of hydrogen-bond donors (Lipinski definition) is 2.